The zero-order valence-electron chi connectivity index (χ0n) is 14.3. The molecule has 23 heavy (non-hydrogen) atoms. The molecule has 1 aliphatic rings. The van der Waals surface area contributed by atoms with Crippen molar-refractivity contribution in [1.29, 1.82) is 0 Å². The van der Waals surface area contributed by atoms with Crippen LogP contribution < -0.4 is 10.1 Å². The van der Waals surface area contributed by atoms with Crippen molar-refractivity contribution in [2.75, 3.05) is 33.3 Å². The molecule has 1 saturated heterocycles. The summed E-state index contributed by atoms with van der Waals surface area (Å²) in [5.74, 6) is 0.956. The molecule has 0 radical (unpaired) electrons. The molecule has 0 aromatic heterocycles. The van der Waals surface area contributed by atoms with Crippen LogP contribution in [-0.4, -0.2) is 38.2 Å². The molecular formula is C20H26N2O. The van der Waals surface area contributed by atoms with Crippen LogP contribution in [0.15, 0.2) is 42.5 Å². The molecule has 1 N–H and O–H groups in total. The van der Waals surface area contributed by atoms with Gasteiger partial charge in [0.05, 0.1) is 13.2 Å². The number of piperazine rings is 1. The summed E-state index contributed by atoms with van der Waals surface area (Å²) in [5, 5.41) is 3.46. The smallest absolute Gasteiger partial charge is 0.121 e. The van der Waals surface area contributed by atoms with E-state index in [9.17, 15) is 0 Å². The van der Waals surface area contributed by atoms with E-state index in [-0.39, 0.29) is 0 Å². The van der Waals surface area contributed by atoms with Gasteiger partial charge in [0, 0.05) is 26.2 Å². The molecular weight excluding hydrogens is 284 g/mol. The fraction of sp³-hybridized carbons (Fsp3) is 0.400. The molecule has 2 aromatic rings. The van der Waals surface area contributed by atoms with Gasteiger partial charge in [0.25, 0.3) is 0 Å². The Morgan fingerprint density at radius 1 is 1.00 bits per heavy atom. The van der Waals surface area contributed by atoms with Gasteiger partial charge >= 0.3 is 0 Å². The maximum atomic E-state index is 5.43. The summed E-state index contributed by atoms with van der Waals surface area (Å²) in [7, 11) is 1.73. The van der Waals surface area contributed by atoms with Crippen molar-refractivity contribution in [2.45, 2.75) is 19.9 Å². The lowest BCUT2D eigenvalue weighted by Gasteiger charge is -2.36. The molecule has 3 nitrogen and oxygen atoms in total. The van der Waals surface area contributed by atoms with Crippen molar-refractivity contribution in [2.24, 2.45) is 0 Å². The minimum absolute atomic E-state index is 0.308. The van der Waals surface area contributed by atoms with Crippen molar-refractivity contribution in [3.8, 4) is 5.75 Å². The van der Waals surface area contributed by atoms with Crippen LogP contribution in [0.3, 0.4) is 0 Å². The maximum absolute atomic E-state index is 5.43. The van der Waals surface area contributed by atoms with Crippen molar-refractivity contribution >= 4 is 0 Å². The molecule has 1 aliphatic heterocycles. The van der Waals surface area contributed by atoms with Crippen LogP contribution in [0.5, 0.6) is 5.75 Å². The number of benzene rings is 2. The zero-order chi connectivity index (χ0) is 16.2. The van der Waals surface area contributed by atoms with Crippen LogP contribution in [0.4, 0.5) is 0 Å². The summed E-state index contributed by atoms with van der Waals surface area (Å²) in [6.45, 7) is 8.58. The van der Waals surface area contributed by atoms with Crippen LogP contribution in [0.25, 0.3) is 0 Å². The van der Waals surface area contributed by atoms with Crippen molar-refractivity contribution in [3.63, 3.8) is 0 Å². The first kappa shape index (κ1) is 16.0. The third-order valence-corrected chi connectivity index (χ3v) is 4.73. The monoisotopic (exact) mass is 310 g/mol. The van der Waals surface area contributed by atoms with Crippen molar-refractivity contribution in [3.05, 3.63) is 64.7 Å². The summed E-state index contributed by atoms with van der Waals surface area (Å²) in [4.78, 5) is 2.58. The van der Waals surface area contributed by atoms with Gasteiger partial charge in [0.2, 0.25) is 0 Å². The number of aryl methyl sites for hydroxylation is 2. The quantitative estimate of drug-likeness (QED) is 0.938. The molecule has 0 spiro atoms. The molecule has 0 saturated carbocycles. The molecule has 2 aromatic carbocycles. The first-order chi connectivity index (χ1) is 11.2. The number of rotatable bonds is 4. The minimum Gasteiger partial charge on any atom is -0.496 e. The van der Waals surface area contributed by atoms with Crippen LogP contribution in [0.2, 0.25) is 0 Å². The van der Waals surface area contributed by atoms with E-state index in [1.807, 2.05) is 0 Å². The van der Waals surface area contributed by atoms with E-state index >= 15 is 0 Å². The van der Waals surface area contributed by atoms with Gasteiger partial charge in [-0.1, -0.05) is 36.4 Å². The lowest BCUT2D eigenvalue weighted by Crippen LogP contribution is -2.45. The molecule has 0 bridgehead atoms. The molecule has 1 atom stereocenters. The van der Waals surface area contributed by atoms with E-state index in [1.54, 1.807) is 7.11 Å². The van der Waals surface area contributed by atoms with Crippen LogP contribution in [-0.2, 0) is 0 Å². The van der Waals surface area contributed by atoms with Crippen molar-refractivity contribution in [1.82, 2.24) is 10.2 Å². The fourth-order valence-electron chi connectivity index (χ4n) is 3.49. The second kappa shape index (κ2) is 7.16. The van der Waals surface area contributed by atoms with Gasteiger partial charge in [0.15, 0.2) is 0 Å². The second-order valence-electron chi connectivity index (χ2n) is 6.27. The Kier molecular flexibility index (Phi) is 4.99. The Hall–Kier alpha value is -1.84. The number of hydrogen-bond acceptors (Lipinski definition) is 3. The molecule has 0 amide bonds. The molecule has 1 unspecified atom stereocenters. The minimum atomic E-state index is 0.308. The largest absolute Gasteiger partial charge is 0.496 e. The lowest BCUT2D eigenvalue weighted by molar-refractivity contribution is 0.198. The Morgan fingerprint density at radius 2 is 1.74 bits per heavy atom. The summed E-state index contributed by atoms with van der Waals surface area (Å²) < 4.78 is 5.43. The Labute approximate surface area is 139 Å². The molecule has 3 heteroatoms. The number of ether oxygens (including phenoxy) is 1. The highest BCUT2D eigenvalue weighted by atomic mass is 16.5. The van der Waals surface area contributed by atoms with Crippen molar-refractivity contribution < 1.29 is 4.74 Å². The van der Waals surface area contributed by atoms with Crippen LogP contribution in [0.1, 0.15) is 28.3 Å². The topological polar surface area (TPSA) is 24.5 Å². The molecule has 122 valence electrons. The molecule has 1 fully saturated rings. The summed E-state index contributed by atoms with van der Waals surface area (Å²) in [5.41, 5.74) is 5.29. The average Bonchev–Trinajstić information content (AvgIpc) is 2.58. The maximum Gasteiger partial charge on any atom is 0.121 e. The number of hydrogen-bond donors (Lipinski definition) is 1. The van der Waals surface area contributed by atoms with E-state index in [0.717, 1.165) is 31.9 Å². The summed E-state index contributed by atoms with van der Waals surface area (Å²) >= 11 is 0. The highest BCUT2D eigenvalue weighted by Gasteiger charge is 2.25. The van der Waals surface area contributed by atoms with E-state index in [2.05, 4.69) is 66.5 Å². The third-order valence-electron chi connectivity index (χ3n) is 4.73. The standard InChI is InChI=1S/C20H26N2O/c1-15-6-4-5-7-18(15)20(22-12-10-21-11-13-22)17-8-9-19(23-3)16(2)14-17/h4-9,14,20-21H,10-13H2,1-3H3. The molecule has 0 aliphatic carbocycles. The van der Waals surface area contributed by atoms with Gasteiger partial charge < -0.3 is 10.1 Å². The normalized spacial score (nSPS) is 17.0. The highest BCUT2D eigenvalue weighted by molar-refractivity contribution is 5.42. The first-order valence-electron chi connectivity index (χ1n) is 8.35. The Balaban J connectivity index is 2.04. The van der Waals surface area contributed by atoms with Gasteiger partial charge in [0.1, 0.15) is 5.75 Å². The summed E-state index contributed by atoms with van der Waals surface area (Å²) in [6, 6.07) is 15.6. The Morgan fingerprint density at radius 3 is 2.39 bits per heavy atom. The van der Waals surface area contributed by atoms with Crippen LogP contribution >= 0.6 is 0 Å². The average molecular weight is 310 g/mol. The van der Waals surface area contributed by atoms with E-state index < -0.39 is 0 Å². The van der Waals surface area contributed by atoms with E-state index in [1.165, 1.54) is 22.3 Å². The van der Waals surface area contributed by atoms with Gasteiger partial charge in [-0.25, -0.2) is 0 Å². The van der Waals surface area contributed by atoms with E-state index in [4.69, 9.17) is 4.74 Å². The number of nitrogens with one attached hydrogen (secondary N) is 1. The predicted molar refractivity (Wildman–Crippen MR) is 95.2 cm³/mol. The zero-order valence-corrected chi connectivity index (χ0v) is 14.3. The van der Waals surface area contributed by atoms with E-state index in [0.29, 0.717) is 6.04 Å². The first-order valence-corrected chi connectivity index (χ1v) is 8.35. The van der Waals surface area contributed by atoms with Gasteiger partial charge in [-0.15, -0.1) is 0 Å². The number of nitrogens with zero attached hydrogens (tertiary/aromatic N) is 1. The number of methoxy groups -OCH3 is 1. The highest BCUT2D eigenvalue weighted by Crippen LogP contribution is 2.33. The SMILES string of the molecule is COc1ccc(C(c2ccccc2C)N2CCNCC2)cc1C. The lowest BCUT2D eigenvalue weighted by atomic mass is 9.92. The predicted octanol–water partition coefficient (Wildman–Crippen LogP) is 3.31. The third kappa shape index (κ3) is 3.41. The van der Waals surface area contributed by atoms with Gasteiger partial charge in [-0.05, 0) is 42.2 Å². The van der Waals surface area contributed by atoms with Crippen LogP contribution in [0, 0.1) is 13.8 Å². The van der Waals surface area contributed by atoms with Gasteiger partial charge in [-0.2, -0.15) is 0 Å². The fourth-order valence-corrected chi connectivity index (χ4v) is 3.49. The molecule has 3 rings (SSSR count). The Bertz CT molecular complexity index is 662. The summed E-state index contributed by atoms with van der Waals surface area (Å²) in [6.07, 6.45) is 0. The second-order valence-corrected chi connectivity index (χ2v) is 6.27. The molecule has 1 heterocycles. The van der Waals surface area contributed by atoms with Gasteiger partial charge in [-0.3, -0.25) is 4.90 Å².